The molecule has 5 N–H and O–H groups in total. The lowest BCUT2D eigenvalue weighted by atomic mass is 10.1. The highest BCUT2D eigenvalue weighted by atomic mass is 16.6. The number of amides is 1. The topological polar surface area (TPSA) is 153 Å². The van der Waals surface area contributed by atoms with Gasteiger partial charge < -0.3 is 30.5 Å². The lowest BCUT2D eigenvalue weighted by Crippen LogP contribution is -2.39. The summed E-state index contributed by atoms with van der Waals surface area (Å²) in [6, 6.07) is 0.0532. The molecule has 1 heterocycles. The van der Waals surface area contributed by atoms with Gasteiger partial charge in [-0.15, -0.1) is 0 Å². The van der Waals surface area contributed by atoms with Crippen molar-refractivity contribution >= 4 is 18.0 Å². The highest BCUT2D eigenvalue weighted by molar-refractivity contribution is 5.83. The average Bonchev–Trinajstić information content (AvgIpc) is 2.77. The number of carbonyl (C=O) groups excluding carboxylic acids is 1. The molecule has 110 valence electrons. The lowest BCUT2D eigenvalue weighted by molar-refractivity contribution is -0.165. The van der Waals surface area contributed by atoms with Gasteiger partial charge in [-0.2, -0.15) is 0 Å². The number of hydrogen-bond donors (Lipinski definition) is 5. The van der Waals surface area contributed by atoms with Crippen molar-refractivity contribution in [2.24, 2.45) is 0 Å². The smallest absolute Gasteiger partial charge is 0.408 e. The first kappa shape index (κ1) is 15.7. The minimum absolute atomic E-state index is 0.0532. The summed E-state index contributed by atoms with van der Waals surface area (Å²) >= 11 is 0. The fourth-order valence-electron chi connectivity index (χ4n) is 1.39. The van der Waals surface area contributed by atoms with Gasteiger partial charge in [-0.25, -0.2) is 14.4 Å². The van der Waals surface area contributed by atoms with Gasteiger partial charge in [-0.1, -0.05) is 18.2 Å². The Kier molecular flexibility index (Phi) is 5.23. The second-order valence-electron chi connectivity index (χ2n) is 3.88. The Balaban J connectivity index is 0.000000200. The molecule has 0 aromatic carbocycles. The van der Waals surface area contributed by atoms with Crippen molar-refractivity contribution in [3.63, 3.8) is 0 Å². The lowest BCUT2D eigenvalue weighted by Gasteiger charge is -2.10. The van der Waals surface area contributed by atoms with Crippen LogP contribution in [0.5, 0.6) is 0 Å². The first-order chi connectivity index (χ1) is 9.32. The predicted molar refractivity (Wildman–Crippen MR) is 62.8 cm³/mol. The van der Waals surface area contributed by atoms with Crippen molar-refractivity contribution in [2.45, 2.75) is 24.4 Å². The van der Waals surface area contributed by atoms with Crippen LogP contribution < -0.4 is 5.32 Å². The van der Waals surface area contributed by atoms with E-state index in [1.54, 1.807) is 0 Å². The van der Waals surface area contributed by atoms with Crippen LogP contribution in [0.2, 0.25) is 0 Å². The van der Waals surface area contributed by atoms with Crippen molar-refractivity contribution < 1.29 is 39.5 Å². The maximum Gasteiger partial charge on any atom is 0.408 e. The van der Waals surface area contributed by atoms with E-state index in [-0.39, 0.29) is 18.2 Å². The van der Waals surface area contributed by atoms with Gasteiger partial charge in [-0.3, -0.25) is 0 Å². The molecule has 2 rings (SSSR count). The largest absolute Gasteiger partial charge is 0.479 e. The summed E-state index contributed by atoms with van der Waals surface area (Å²) in [5.74, 6) is -3.54. The molecule has 0 radical (unpaired) electrons. The number of fused-ring (bicyclic) bond motifs is 1. The zero-order valence-electron chi connectivity index (χ0n) is 10.0. The number of carbonyl (C=O) groups is 3. The van der Waals surface area contributed by atoms with Gasteiger partial charge in [0.2, 0.25) is 0 Å². The second-order valence-corrected chi connectivity index (χ2v) is 3.88. The Hall–Kier alpha value is -2.39. The van der Waals surface area contributed by atoms with Crippen molar-refractivity contribution in [3.05, 3.63) is 24.3 Å². The number of allylic oxidation sites excluding steroid dienone is 2. The molecule has 0 aromatic rings. The Bertz CT molecular complexity index is 417. The summed E-state index contributed by atoms with van der Waals surface area (Å²) in [6.45, 7) is 0. The highest BCUT2D eigenvalue weighted by Gasteiger charge is 2.31. The van der Waals surface area contributed by atoms with Gasteiger partial charge in [0.25, 0.3) is 0 Å². The number of nitrogens with one attached hydrogen (secondary N) is 1. The summed E-state index contributed by atoms with van der Waals surface area (Å²) < 4.78 is 4.88. The van der Waals surface area contributed by atoms with Crippen molar-refractivity contribution in [3.8, 4) is 0 Å². The normalized spacial score (nSPS) is 25.4. The fourth-order valence-corrected chi connectivity index (χ4v) is 1.39. The van der Waals surface area contributed by atoms with E-state index >= 15 is 0 Å². The third kappa shape index (κ3) is 4.07. The maximum absolute atomic E-state index is 10.6. The van der Waals surface area contributed by atoms with Crippen LogP contribution in [0.3, 0.4) is 0 Å². The van der Waals surface area contributed by atoms with E-state index in [1.165, 1.54) is 0 Å². The molecule has 4 atom stereocenters. The van der Waals surface area contributed by atoms with Gasteiger partial charge in [-0.05, 0) is 6.08 Å². The zero-order valence-corrected chi connectivity index (χ0v) is 10.0. The number of alkyl carbamates (subject to hydrolysis) is 1. The standard InChI is InChI=1S/C7H7NO2.C4H6O6/c9-7-8-5-3-1-2-4-6(5)10-7;5-1(3(7)8)2(6)4(9)10/h1-6H,(H,8,9);1-2,5-6H,(H,7,8)(H,9,10)/t;1-,2-/m.1/s1. The quantitative estimate of drug-likeness (QED) is 0.419. The molecule has 1 saturated heterocycles. The van der Waals surface area contributed by atoms with E-state index in [1.807, 2.05) is 24.3 Å². The Labute approximate surface area is 112 Å². The minimum atomic E-state index is -2.27. The Morgan fingerprint density at radius 3 is 2.05 bits per heavy atom. The molecule has 1 fully saturated rings. The molecule has 9 nitrogen and oxygen atoms in total. The van der Waals surface area contributed by atoms with Gasteiger partial charge in [0.15, 0.2) is 12.2 Å². The number of carboxylic acids is 2. The molecule has 1 amide bonds. The molecule has 1 aliphatic heterocycles. The maximum atomic E-state index is 10.6. The van der Waals surface area contributed by atoms with Crippen LogP contribution in [0.1, 0.15) is 0 Å². The van der Waals surface area contributed by atoms with E-state index < -0.39 is 24.1 Å². The molecule has 2 unspecified atom stereocenters. The number of aliphatic hydroxyl groups excluding tert-OH is 2. The van der Waals surface area contributed by atoms with Crippen LogP contribution in [0, 0.1) is 0 Å². The Morgan fingerprint density at radius 1 is 1.10 bits per heavy atom. The summed E-state index contributed by atoms with van der Waals surface area (Å²) in [6.07, 6.45) is 2.61. The molecule has 0 bridgehead atoms. The van der Waals surface area contributed by atoms with Crippen LogP contribution in [0.15, 0.2) is 24.3 Å². The van der Waals surface area contributed by atoms with E-state index in [0.29, 0.717) is 0 Å². The number of aliphatic hydroxyl groups is 2. The van der Waals surface area contributed by atoms with Gasteiger partial charge in [0.05, 0.1) is 6.04 Å². The number of rotatable bonds is 3. The SMILES string of the molecule is O=C(O)[C@H](O)[C@@H](O)C(=O)O.O=C1NC2C=CC=CC2O1. The van der Waals surface area contributed by atoms with Crippen LogP contribution in [-0.2, 0) is 14.3 Å². The van der Waals surface area contributed by atoms with Crippen LogP contribution in [-0.4, -0.2) is 62.8 Å². The predicted octanol–water partition coefficient (Wildman–Crippen LogP) is -1.53. The third-order valence-corrected chi connectivity index (χ3v) is 2.42. The number of aliphatic carboxylic acids is 2. The first-order valence-corrected chi connectivity index (χ1v) is 5.47. The molecule has 20 heavy (non-hydrogen) atoms. The molecule has 2 aliphatic rings. The first-order valence-electron chi connectivity index (χ1n) is 5.47. The molecule has 0 saturated carbocycles. The van der Waals surface area contributed by atoms with Crippen molar-refractivity contribution in [1.29, 1.82) is 0 Å². The average molecular weight is 287 g/mol. The molecular formula is C11H13NO8. The second kappa shape index (κ2) is 6.68. The highest BCUT2D eigenvalue weighted by Crippen LogP contribution is 2.14. The van der Waals surface area contributed by atoms with E-state index in [4.69, 9.17) is 25.2 Å². The molecule has 0 aromatic heterocycles. The molecular weight excluding hydrogens is 274 g/mol. The number of hydrogen-bond acceptors (Lipinski definition) is 6. The molecule has 0 spiro atoms. The number of ether oxygens (including phenoxy) is 1. The minimum Gasteiger partial charge on any atom is -0.479 e. The summed E-state index contributed by atoms with van der Waals surface area (Å²) in [4.78, 5) is 30.2. The van der Waals surface area contributed by atoms with Gasteiger partial charge in [0, 0.05) is 0 Å². The fraction of sp³-hybridized carbons (Fsp3) is 0.364. The third-order valence-electron chi connectivity index (χ3n) is 2.42. The monoisotopic (exact) mass is 287 g/mol. The summed E-state index contributed by atoms with van der Waals surface area (Å²) in [7, 11) is 0. The van der Waals surface area contributed by atoms with E-state index in [9.17, 15) is 14.4 Å². The zero-order chi connectivity index (χ0) is 15.3. The van der Waals surface area contributed by atoms with Gasteiger partial charge in [0.1, 0.15) is 6.10 Å². The molecule has 1 aliphatic carbocycles. The van der Waals surface area contributed by atoms with Crippen molar-refractivity contribution in [2.75, 3.05) is 0 Å². The van der Waals surface area contributed by atoms with Gasteiger partial charge >= 0.3 is 18.0 Å². The Morgan fingerprint density at radius 2 is 1.60 bits per heavy atom. The van der Waals surface area contributed by atoms with Crippen LogP contribution in [0.25, 0.3) is 0 Å². The van der Waals surface area contributed by atoms with E-state index in [0.717, 1.165) is 0 Å². The molecule has 9 heteroatoms. The van der Waals surface area contributed by atoms with Crippen molar-refractivity contribution in [1.82, 2.24) is 5.32 Å². The van der Waals surface area contributed by atoms with Crippen LogP contribution >= 0.6 is 0 Å². The summed E-state index contributed by atoms with van der Waals surface area (Å²) in [5, 5.41) is 35.2. The number of carboxylic acid groups (broad SMARTS) is 2. The summed E-state index contributed by atoms with van der Waals surface area (Å²) in [5.41, 5.74) is 0. The van der Waals surface area contributed by atoms with E-state index in [2.05, 4.69) is 5.32 Å². The van der Waals surface area contributed by atoms with Crippen LogP contribution in [0.4, 0.5) is 4.79 Å².